The average Bonchev–Trinajstić information content (AvgIpc) is 2.73. The SMILES string of the molecule is CN1CCN(CCC(=O)N2CCN(c3ccc(F)cc3)c3ccccc32)CC1. The number of amides is 1. The fourth-order valence-corrected chi connectivity index (χ4v) is 3.97. The Morgan fingerprint density at radius 2 is 1.57 bits per heavy atom. The van der Waals surface area contributed by atoms with Gasteiger partial charge >= 0.3 is 0 Å². The van der Waals surface area contributed by atoms with Gasteiger partial charge < -0.3 is 19.6 Å². The van der Waals surface area contributed by atoms with E-state index in [0.717, 1.165) is 49.8 Å². The predicted octanol–water partition coefficient (Wildman–Crippen LogP) is 2.95. The van der Waals surface area contributed by atoms with Crippen molar-refractivity contribution in [3.63, 3.8) is 0 Å². The summed E-state index contributed by atoms with van der Waals surface area (Å²) in [5.74, 6) is -0.0695. The van der Waals surface area contributed by atoms with Crippen LogP contribution < -0.4 is 9.80 Å². The zero-order chi connectivity index (χ0) is 19.5. The topological polar surface area (TPSA) is 30.0 Å². The molecule has 2 heterocycles. The number of halogens is 1. The van der Waals surface area contributed by atoms with Crippen LogP contribution in [-0.4, -0.2) is 68.6 Å². The molecule has 2 aliphatic heterocycles. The highest BCUT2D eigenvalue weighted by molar-refractivity contribution is 5.98. The van der Waals surface area contributed by atoms with Crippen molar-refractivity contribution >= 4 is 23.0 Å². The molecule has 2 aromatic carbocycles. The Morgan fingerprint density at radius 1 is 0.893 bits per heavy atom. The van der Waals surface area contributed by atoms with Gasteiger partial charge in [-0.05, 0) is 43.4 Å². The number of fused-ring (bicyclic) bond motifs is 1. The highest BCUT2D eigenvalue weighted by Crippen LogP contribution is 2.37. The van der Waals surface area contributed by atoms with Gasteiger partial charge in [0.05, 0.1) is 11.4 Å². The Bertz CT molecular complexity index is 818. The molecule has 0 aromatic heterocycles. The van der Waals surface area contributed by atoms with Crippen LogP contribution in [0.15, 0.2) is 48.5 Å². The van der Waals surface area contributed by atoms with E-state index in [1.807, 2.05) is 29.2 Å². The summed E-state index contributed by atoms with van der Waals surface area (Å²) in [7, 11) is 2.14. The second-order valence-electron chi connectivity index (χ2n) is 7.56. The lowest BCUT2D eigenvalue weighted by Gasteiger charge is -2.38. The molecule has 6 heteroatoms. The number of para-hydroxylation sites is 2. The number of hydrogen-bond acceptors (Lipinski definition) is 4. The minimum Gasteiger partial charge on any atom is -0.338 e. The maximum Gasteiger partial charge on any atom is 0.228 e. The molecule has 0 unspecified atom stereocenters. The first-order valence-corrected chi connectivity index (χ1v) is 9.95. The number of benzene rings is 2. The zero-order valence-corrected chi connectivity index (χ0v) is 16.4. The van der Waals surface area contributed by atoms with Crippen LogP contribution in [0.3, 0.4) is 0 Å². The fraction of sp³-hybridized carbons (Fsp3) is 0.409. The third-order valence-corrected chi connectivity index (χ3v) is 5.69. The lowest BCUT2D eigenvalue weighted by molar-refractivity contribution is -0.119. The summed E-state index contributed by atoms with van der Waals surface area (Å²) in [5, 5.41) is 0. The average molecular weight is 382 g/mol. The molecule has 2 aliphatic rings. The largest absolute Gasteiger partial charge is 0.338 e. The summed E-state index contributed by atoms with van der Waals surface area (Å²) in [6, 6.07) is 14.5. The van der Waals surface area contributed by atoms with Crippen molar-refractivity contribution in [2.24, 2.45) is 0 Å². The van der Waals surface area contributed by atoms with Gasteiger partial charge in [-0.1, -0.05) is 12.1 Å². The van der Waals surface area contributed by atoms with Crippen molar-refractivity contribution in [2.45, 2.75) is 6.42 Å². The molecular weight excluding hydrogens is 355 g/mol. The van der Waals surface area contributed by atoms with Crippen LogP contribution in [0.1, 0.15) is 6.42 Å². The van der Waals surface area contributed by atoms with Gasteiger partial charge in [-0.3, -0.25) is 4.79 Å². The lowest BCUT2D eigenvalue weighted by atomic mass is 10.1. The van der Waals surface area contributed by atoms with Crippen LogP contribution in [0, 0.1) is 5.82 Å². The first-order valence-electron chi connectivity index (χ1n) is 9.95. The number of rotatable bonds is 4. The van der Waals surface area contributed by atoms with Crippen LogP contribution in [0.25, 0.3) is 0 Å². The van der Waals surface area contributed by atoms with Gasteiger partial charge in [0.15, 0.2) is 0 Å². The maximum absolute atomic E-state index is 13.3. The molecule has 148 valence electrons. The zero-order valence-electron chi connectivity index (χ0n) is 16.4. The number of likely N-dealkylation sites (N-methyl/N-ethyl adjacent to an activating group) is 1. The molecule has 28 heavy (non-hydrogen) atoms. The number of anilines is 3. The Balaban J connectivity index is 1.47. The third-order valence-electron chi connectivity index (χ3n) is 5.69. The van der Waals surface area contributed by atoms with Crippen molar-refractivity contribution in [2.75, 3.05) is 62.7 Å². The number of hydrogen-bond donors (Lipinski definition) is 0. The molecule has 0 saturated carbocycles. The van der Waals surface area contributed by atoms with E-state index in [1.165, 1.54) is 12.1 Å². The minimum atomic E-state index is -0.241. The standard InChI is InChI=1S/C22H27FN4O/c1-24-12-14-25(15-13-24)11-10-22(28)27-17-16-26(19-8-6-18(23)7-9-19)20-4-2-3-5-21(20)27/h2-9H,10-17H2,1H3. The Kier molecular flexibility index (Phi) is 5.59. The van der Waals surface area contributed by atoms with E-state index in [4.69, 9.17) is 0 Å². The van der Waals surface area contributed by atoms with E-state index >= 15 is 0 Å². The van der Waals surface area contributed by atoms with Crippen LogP contribution in [0.2, 0.25) is 0 Å². The monoisotopic (exact) mass is 382 g/mol. The van der Waals surface area contributed by atoms with Crippen molar-refractivity contribution < 1.29 is 9.18 Å². The molecule has 4 rings (SSSR count). The van der Waals surface area contributed by atoms with E-state index < -0.39 is 0 Å². The summed E-state index contributed by atoms with van der Waals surface area (Å²) in [6.07, 6.45) is 0.536. The summed E-state index contributed by atoms with van der Waals surface area (Å²) in [6.45, 7) is 6.32. The van der Waals surface area contributed by atoms with E-state index in [-0.39, 0.29) is 11.7 Å². The normalized spacial score (nSPS) is 18.2. The lowest BCUT2D eigenvalue weighted by Crippen LogP contribution is -2.47. The number of carbonyl (C=O) groups excluding carboxylic acids is 1. The van der Waals surface area contributed by atoms with Gasteiger partial charge in [0, 0.05) is 57.9 Å². The highest BCUT2D eigenvalue weighted by atomic mass is 19.1. The number of nitrogens with zero attached hydrogens (tertiary/aromatic N) is 4. The van der Waals surface area contributed by atoms with E-state index in [0.29, 0.717) is 19.5 Å². The molecule has 0 aliphatic carbocycles. The molecule has 1 amide bonds. The molecular formula is C22H27FN4O. The van der Waals surface area contributed by atoms with Crippen molar-refractivity contribution in [1.82, 2.24) is 9.80 Å². The minimum absolute atomic E-state index is 0.171. The molecule has 1 fully saturated rings. The van der Waals surface area contributed by atoms with Gasteiger partial charge in [0.2, 0.25) is 5.91 Å². The second kappa shape index (κ2) is 8.29. The highest BCUT2D eigenvalue weighted by Gasteiger charge is 2.27. The van der Waals surface area contributed by atoms with Gasteiger partial charge in [0.25, 0.3) is 0 Å². The molecule has 0 bridgehead atoms. The van der Waals surface area contributed by atoms with Crippen LogP contribution in [0.4, 0.5) is 21.5 Å². The molecule has 1 saturated heterocycles. The van der Waals surface area contributed by atoms with E-state index in [2.05, 4.69) is 21.7 Å². The first-order chi connectivity index (χ1) is 13.6. The molecule has 2 aromatic rings. The van der Waals surface area contributed by atoms with Gasteiger partial charge in [-0.2, -0.15) is 0 Å². The van der Waals surface area contributed by atoms with Gasteiger partial charge in [-0.15, -0.1) is 0 Å². The van der Waals surface area contributed by atoms with Crippen LogP contribution in [-0.2, 0) is 4.79 Å². The molecule has 0 radical (unpaired) electrons. The van der Waals surface area contributed by atoms with Gasteiger partial charge in [-0.25, -0.2) is 4.39 Å². The summed E-state index contributed by atoms with van der Waals surface area (Å²) < 4.78 is 13.3. The van der Waals surface area contributed by atoms with E-state index in [9.17, 15) is 9.18 Å². The number of carbonyl (C=O) groups is 1. The summed E-state index contributed by atoms with van der Waals surface area (Å²) >= 11 is 0. The molecule has 0 spiro atoms. The van der Waals surface area contributed by atoms with Crippen molar-refractivity contribution in [3.05, 3.63) is 54.3 Å². The number of piperazine rings is 1. The fourth-order valence-electron chi connectivity index (χ4n) is 3.97. The predicted molar refractivity (Wildman–Crippen MR) is 111 cm³/mol. The Hall–Kier alpha value is -2.44. The van der Waals surface area contributed by atoms with E-state index in [1.54, 1.807) is 12.1 Å². The summed E-state index contributed by atoms with van der Waals surface area (Å²) in [5.41, 5.74) is 2.87. The Morgan fingerprint density at radius 3 is 2.29 bits per heavy atom. The van der Waals surface area contributed by atoms with Crippen molar-refractivity contribution in [1.29, 1.82) is 0 Å². The summed E-state index contributed by atoms with van der Waals surface area (Å²) in [4.78, 5) is 21.7. The van der Waals surface area contributed by atoms with Crippen LogP contribution in [0.5, 0.6) is 0 Å². The first kappa shape index (κ1) is 18.9. The Labute approximate surface area is 165 Å². The molecule has 5 nitrogen and oxygen atoms in total. The smallest absolute Gasteiger partial charge is 0.228 e. The van der Waals surface area contributed by atoms with Gasteiger partial charge in [0.1, 0.15) is 5.82 Å². The molecule has 0 atom stereocenters. The second-order valence-corrected chi connectivity index (χ2v) is 7.56. The third kappa shape index (κ3) is 4.03. The molecule has 0 N–H and O–H groups in total. The van der Waals surface area contributed by atoms with Crippen LogP contribution >= 0.6 is 0 Å². The quantitative estimate of drug-likeness (QED) is 0.813. The van der Waals surface area contributed by atoms with Crippen molar-refractivity contribution in [3.8, 4) is 0 Å². The maximum atomic E-state index is 13.3.